The predicted molar refractivity (Wildman–Crippen MR) is 118 cm³/mol. The fourth-order valence-corrected chi connectivity index (χ4v) is 3.51. The van der Waals surface area contributed by atoms with Crippen molar-refractivity contribution >= 4 is 38.9 Å². The van der Waals surface area contributed by atoms with Gasteiger partial charge in [0.15, 0.2) is 5.84 Å². The van der Waals surface area contributed by atoms with Gasteiger partial charge in [-0.1, -0.05) is 52.3 Å². The van der Waals surface area contributed by atoms with Gasteiger partial charge in [0.1, 0.15) is 5.69 Å². The molecule has 5 nitrogen and oxygen atoms in total. The molecule has 0 aliphatic rings. The number of nitrogens with two attached hydrogens (primary N) is 1. The summed E-state index contributed by atoms with van der Waals surface area (Å²) < 4.78 is 3.28. The van der Waals surface area contributed by atoms with E-state index in [1.54, 1.807) is 18.5 Å². The van der Waals surface area contributed by atoms with E-state index in [-0.39, 0.29) is 5.84 Å². The number of nitrogens with zero attached hydrogens (tertiary/aromatic N) is 4. The van der Waals surface area contributed by atoms with Crippen molar-refractivity contribution in [2.75, 3.05) is 0 Å². The van der Waals surface area contributed by atoms with Gasteiger partial charge in [0.05, 0.1) is 6.21 Å². The number of aromatic nitrogens is 2. The Morgan fingerprint density at radius 3 is 2.75 bits per heavy atom. The van der Waals surface area contributed by atoms with Crippen LogP contribution in [0.1, 0.15) is 16.8 Å². The molecule has 2 heterocycles. The molecule has 0 amide bonds. The van der Waals surface area contributed by atoms with Crippen LogP contribution in [0.5, 0.6) is 0 Å². The Morgan fingerprint density at radius 1 is 1.07 bits per heavy atom. The minimum Gasteiger partial charge on any atom is -0.380 e. The molecule has 2 aromatic carbocycles. The molecule has 2 aromatic heterocycles. The Morgan fingerprint density at radius 2 is 1.93 bits per heavy atom. The molecule has 6 heteroatoms. The van der Waals surface area contributed by atoms with Gasteiger partial charge in [0.25, 0.3) is 0 Å². The average molecular weight is 432 g/mol. The fourth-order valence-electron chi connectivity index (χ4n) is 3.06. The van der Waals surface area contributed by atoms with Crippen LogP contribution in [0.4, 0.5) is 0 Å². The number of halogens is 1. The molecule has 0 fully saturated rings. The first-order valence-corrected chi connectivity index (χ1v) is 9.60. The maximum atomic E-state index is 5.96. The van der Waals surface area contributed by atoms with E-state index in [0.717, 1.165) is 27.5 Å². The van der Waals surface area contributed by atoms with Gasteiger partial charge >= 0.3 is 0 Å². The van der Waals surface area contributed by atoms with Crippen LogP contribution >= 0.6 is 15.9 Å². The molecule has 0 unspecified atom stereocenters. The molecule has 0 bridgehead atoms. The van der Waals surface area contributed by atoms with E-state index in [4.69, 9.17) is 5.73 Å². The topological polar surface area (TPSA) is 68.6 Å². The van der Waals surface area contributed by atoms with Crippen LogP contribution in [0, 0.1) is 0 Å². The van der Waals surface area contributed by atoms with Gasteiger partial charge in [-0.2, -0.15) is 5.10 Å². The summed E-state index contributed by atoms with van der Waals surface area (Å²) in [6, 6.07) is 22.1. The van der Waals surface area contributed by atoms with Crippen LogP contribution in [0.3, 0.4) is 0 Å². The number of benzene rings is 2. The molecule has 0 aliphatic carbocycles. The second kappa shape index (κ2) is 8.19. The quantitative estimate of drug-likeness (QED) is 0.285. The third-order valence-electron chi connectivity index (χ3n) is 4.35. The molecule has 28 heavy (non-hydrogen) atoms. The summed E-state index contributed by atoms with van der Waals surface area (Å²) in [6.07, 6.45) is 5.49. The number of hydrogen-bond acceptors (Lipinski definition) is 3. The van der Waals surface area contributed by atoms with Gasteiger partial charge in [-0.3, -0.25) is 4.98 Å². The lowest BCUT2D eigenvalue weighted by molar-refractivity contribution is 0.836. The molecule has 0 spiro atoms. The number of rotatable bonds is 5. The molecule has 0 aliphatic heterocycles. The van der Waals surface area contributed by atoms with Crippen LogP contribution in [0.2, 0.25) is 0 Å². The molecule has 138 valence electrons. The van der Waals surface area contributed by atoms with E-state index in [2.05, 4.69) is 66.1 Å². The zero-order valence-corrected chi connectivity index (χ0v) is 16.6. The highest BCUT2D eigenvalue weighted by atomic mass is 79.9. The normalized spacial score (nSPS) is 12.1. The summed E-state index contributed by atoms with van der Waals surface area (Å²) in [5.41, 5.74) is 9.92. The standard InChI is InChI=1S/C22H18BrN5/c23-18-7-5-6-16(12-18)14-28-15-17(19-8-1-2-10-21(19)28)13-26-27-22(24)20-9-3-4-11-25-20/h1-13,15H,14H2,(H2,24,27)/b26-13-. The maximum absolute atomic E-state index is 5.96. The van der Waals surface area contributed by atoms with Gasteiger partial charge in [0, 0.05) is 39.9 Å². The summed E-state index contributed by atoms with van der Waals surface area (Å²) in [5.74, 6) is 0.287. The summed E-state index contributed by atoms with van der Waals surface area (Å²) in [7, 11) is 0. The van der Waals surface area contributed by atoms with Gasteiger partial charge in [-0.25, -0.2) is 0 Å². The van der Waals surface area contributed by atoms with Crippen LogP contribution < -0.4 is 5.73 Å². The van der Waals surface area contributed by atoms with Crippen LogP contribution in [-0.4, -0.2) is 21.6 Å². The second-order valence-corrected chi connectivity index (χ2v) is 7.22. The van der Waals surface area contributed by atoms with E-state index in [0.29, 0.717) is 5.69 Å². The number of para-hydroxylation sites is 1. The van der Waals surface area contributed by atoms with Crippen LogP contribution in [0.25, 0.3) is 10.9 Å². The average Bonchev–Trinajstić information content (AvgIpc) is 3.06. The van der Waals surface area contributed by atoms with Gasteiger partial charge in [-0.05, 0) is 35.9 Å². The molecule has 0 atom stereocenters. The maximum Gasteiger partial charge on any atom is 0.171 e. The Balaban J connectivity index is 1.64. The summed E-state index contributed by atoms with van der Waals surface area (Å²) in [5, 5.41) is 9.39. The molecule has 4 aromatic rings. The third-order valence-corrected chi connectivity index (χ3v) is 4.84. The van der Waals surface area contributed by atoms with Crippen molar-refractivity contribution in [3.63, 3.8) is 0 Å². The predicted octanol–water partition coefficient (Wildman–Crippen LogP) is 4.59. The van der Waals surface area contributed by atoms with E-state index in [1.165, 1.54) is 5.56 Å². The number of fused-ring (bicyclic) bond motifs is 1. The molecule has 0 radical (unpaired) electrons. The Bertz CT molecular complexity index is 1160. The Kier molecular flexibility index (Phi) is 5.30. The third kappa shape index (κ3) is 4.02. The highest BCUT2D eigenvalue weighted by molar-refractivity contribution is 9.10. The first-order valence-electron chi connectivity index (χ1n) is 8.81. The first kappa shape index (κ1) is 18.1. The molecule has 0 saturated carbocycles. The van der Waals surface area contributed by atoms with Crippen molar-refractivity contribution in [1.29, 1.82) is 0 Å². The van der Waals surface area contributed by atoms with E-state index < -0.39 is 0 Å². The molecule has 0 saturated heterocycles. The number of pyridine rings is 1. The Labute approximate surface area is 171 Å². The lowest BCUT2D eigenvalue weighted by Crippen LogP contribution is -2.14. The van der Waals surface area contributed by atoms with Crippen molar-refractivity contribution in [3.8, 4) is 0 Å². The lowest BCUT2D eigenvalue weighted by Gasteiger charge is -2.06. The van der Waals surface area contributed by atoms with Gasteiger partial charge < -0.3 is 10.3 Å². The molecular formula is C22H18BrN5. The van der Waals surface area contributed by atoms with Gasteiger partial charge in [0.2, 0.25) is 0 Å². The lowest BCUT2D eigenvalue weighted by atomic mass is 10.2. The first-order chi connectivity index (χ1) is 13.7. The molecular weight excluding hydrogens is 414 g/mol. The SMILES string of the molecule is N/C(=N\N=C/c1cn(Cc2cccc(Br)c2)c2ccccc12)c1ccccn1. The van der Waals surface area contributed by atoms with Crippen molar-refractivity contribution < 1.29 is 0 Å². The van der Waals surface area contributed by atoms with E-state index >= 15 is 0 Å². The van der Waals surface area contributed by atoms with Crippen LogP contribution in [0.15, 0.2) is 93.8 Å². The monoisotopic (exact) mass is 431 g/mol. The number of hydrogen-bond donors (Lipinski definition) is 1. The summed E-state index contributed by atoms with van der Waals surface area (Å²) in [4.78, 5) is 4.17. The zero-order valence-electron chi connectivity index (χ0n) is 15.0. The van der Waals surface area contributed by atoms with Crippen molar-refractivity contribution in [2.24, 2.45) is 15.9 Å². The largest absolute Gasteiger partial charge is 0.380 e. The van der Waals surface area contributed by atoms with Crippen molar-refractivity contribution in [2.45, 2.75) is 6.54 Å². The van der Waals surface area contributed by atoms with Crippen molar-refractivity contribution in [1.82, 2.24) is 9.55 Å². The van der Waals surface area contributed by atoms with E-state index in [9.17, 15) is 0 Å². The Hall–Kier alpha value is -3.25. The zero-order chi connectivity index (χ0) is 19.3. The minimum atomic E-state index is 0.287. The smallest absolute Gasteiger partial charge is 0.171 e. The fraction of sp³-hybridized carbons (Fsp3) is 0.0455. The second-order valence-electron chi connectivity index (χ2n) is 6.30. The summed E-state index contributed by atoms with van der Waals surface area (Å²) in [6.45, 7) is 0.771. The molecule has 4 rings (SSSR count). The van der Waals surface area contributed by atoms with Gasteiger partial charge in [-0.15, -0.1) is 5.10 Å². The van der Waals surface area contributed by atoms with Crippen molar-refractivity contribution in [3.05, 3.63) is 100 Å². The van der Waals surface area contributed by atoms with E-state index in [1.807, 2.05) is 36.4 Å². The summed E-state index contributed by atoms with van der Waals surface area (Å²) >= 11 is 3.54. The minimum absolute atomic E-state index is 0.287. The number of amidine groups is 1. The van der Waals surface area contributed by atoms with Crippen LogP contribution in [-0.2, 0) is 6.54 Å². The highest BCUT2D eigenvalue weighted by Crippen LogP contribution is 2.22. The molecule has 2 N–H and O–H groups in total. The highest BCUT2D eigenvalue weighted by Gasteiger charge is 2.07.